The molecular weight excluding hydrogens is 486 g/mol. The molecule has 0 amide bonds. The maximum absolute atomic E-state index is 13.6. The molecule has 194 valence electrons. The zero-order chi connectivity index (χ0) is 26.3. The van der Waals surface area contributed by atoms with E-state index in [0.29, 0.717) is 11.4 Å². The number of H-pyrrole nitrogens is 1. The lowest BCUT2D eigenvalue weighted by Gasteiger charge is -2.39. The zero-order valence-corrected chi connectivity index (χ0v) is 22.9. The number of tetrazole rings is 1. The summed E-state index contributed by atoms with van der Waals surface area (Å²) in [6.07, 6.45) is 0. The number of pyridine rings is 1. The van der Waals surface area contributed by atoms with Crippen molar-refractivity contribution in [3.8, 4) is 0 Å². The minimum Gasteiger partial charge on any atom is -0.321 e. The van der Waals surface area contributed by atoms with Gasteiger partial charge in [-0.05, 0) is 85.8 Å². The second-order valence-corrected chi connectivity index (χ2v) is 11.5. The van der Waals surface area contributed by atoms with Crippen LogP contribution in [-0.2, 0) is 12.1 Å². The second kappa shape index (κ2) is 10.0. The van der Waals surface area contributed by atoms with E-state index in [9.17, 15) is 4.79 Å². The molecule has 1 atom stereocenters. The number of halogens is 1. The molecule has 9 heteroatoms. The van der Waals surface area contributed by atoms with E-state index >= 15 is 0 Å². The van der Waals surface area contributed by atoms with Crippen molar-refractivity contribution in [2.75, 3.05) is 26.2 Å². The molecular formula is C28H34ClN7O. The van der Waals surface area contributed by atoms with Crippen molar-refractivity contribution in [3.63, 3.8) is 0 Å². The molecule has 0 radical (unpaired) electrons. The molecule has 37 heavy (non-hydrogen) atoms. The fourth-order valence-corrected chi connectivity index (χ4v) is 5.40. The van der Waals surface area contributed by atoms with Gasteiger partial charge >= 0.3 is 0 Å². The Kier molecular flexibility index (Phi) is 6.91. The molecule has 1 aliphatic rings. The highest BCUT2D eigenvalue weighted by Crippen LogP contribution is 2.31. The van der Waals surface area contributed by atoms with Gasteiger partial charge in [-0.1, -0.05) is 35.4 Å². The number of rotatable bonds is 5. The summed E-state index contributed by atoms with van der Waals surface area (Å²) in [5.41, 5.74) is 4.58. The maximum Gasteiger partial charge on any atom is 0.253 e. The molecule has 3 heterocycles. The van der Waals surface area contributed by atoms with Crippen molar-refractivity contribution in [1.82, 2.24) is 35.0 Å². The number of aromatic amines is 1. The van der Waals surface area contributed by atoms with E-state index in [0.717, 1.165) is 59.8 Å². The molecule has 1 N–H and O–H groups in total. The Morgan fingerprint density at radius 2 is 1.73 bits per heavy atom. The Morgan fingerprint density at radius 3 is 2.41 bits per heavy atom. The Balaban J connectivity index is 1.51. The SMILES string of the molecule is Cc1cc(C)c2[nH]c(=O)c([C@@H](c3nnnn3C(C)(C)C)N3CCN(Cc4ccc(Cl)cc4)CC3)cc2c1. The van der Waals surface area contributed by atoms with Crippen LogP contribution < -0.4 is 5.56 Å². The van der Waals surface area contributed by atoms with Gasteiger partial charge in [0.05, 0.1) is 11.1 Å². The third-order valence-corrected chi connectivity index (χ3v) is 7.33. The van der Waals surface area contributed by atoms with E-state index in [-0.39, 0.29) is 17.1 Å². The van der Waals surface area contributed by atoms with Crippen molar-refractivity contribution in [2.45, 2.75) is 52.7 Å². The molecule has 0 saturated carbocycles. The summed E-state index contributed by atoms with van der Waals surface area (Å²) in [5, 5.41) is 14.6. The molecule has 0 spiro atoms. The molecule has 0 aliphatic carbocycles. The third-order valence-electron chi connectivity index (χ3n) is 7.08. The summed E-state index contributed by atoms with van der Waals surface area (Å²) in [4.78, 5) is 21.5. The fourth-order valence-electron chi connectivity index (χ4n) is 5.28. The van der Waals surface area contributed by atoms with E-state index in [1.54, 1.807) is 0 Å². The van der Waals surface area contributed by atoms with Crippen molar-refractivity contribution < 1.29 is 0 Å². The summed E-state index contributed by atoms with van der Waals surface area (Å²) in [7, 11) is 0. The van der Waals surface area contributed by atoms with Gasteiger partial charge in [0.2, 0.25) is 0 Å². The number of benzene rings is 2. The van der Waals surface area contributed by atoms with Gasteiger partial charge in [0.25, 0.3) is 5.56 Å². The monoisotopic (exact) mass is 519 g/mol. The molecule has 2 aromatic heterocycles. The van der Waals surface area contributed by atoms with Crippen LogP contribution in [0.25, 0.3) is 10.9 Å². The van der Waals surface area contributed by atoms with Crippen LogP contribution in [0.2, 0.25) is 5.02 Å². The van der Waals surface area contributed by atoms with Gasteiger partial charge in [0, 0.05) is 43.3 Å². The minimum absolute atomic E-state index is 0.100. The van der Waals surface area contributed by atoms with Gasteiger partial charge in [-0.3, -0.25) is 14.6 Å². The Bertz CT molecular complexity index is 1460. The highest BCUT2D eigenvalue weighted by molar-refractivity contribution is 6.30. The van der Waals surface area contributed by atoms with E-state index in [1.807, 2.05) is 29.8 Å². The molecule has 5 rings (SSSR count). The maximum atomic E-state index is 13.6. The molecule has 8 nitrogen and oxygen atoms in total. The number of fused-ring (bicyclic) bond motifs is 1. The first kappa shape index (κ1) is 25.6. The highest BCUT2D eigenvalue weighted by atomic mass is 35.5. The number of hydrogen-bond acceptors (Lipinski definition) is 6. The predicted molar refractivity (Wildman–Crippen MR) is 147 cm³/mol. The lowest BCUT2D eigenvalue weighted by Crippen LogP contribution is -2.49. The van der Waals surface area contributed by atoms with Crippen LogP contribution in [0.3, 0.4) is 0 Å². The zero-order valence-electron chi connectivity index (χ0n) is 22.1. The van der Waals surface area contributed by atoms with E-state index in [2.05, 4.69) is 82.3 Å². The average molecular weight is 520 g/mol. The van der Waals surface area contributed by atoms with Crippen molar-refractivity contribution in [1.29, 1.82) is 0 Å². The smallest absolute Gasteiger partial charge is 0.253 e. The minimum atomic E-state index is -0.360. The number of nitrogens with one attached hydrogen (secondary N) is 1. The topological polar surface area (TPSA) is 82.9 Å². The first-order valence-corrected chi connectivity index (χ1v) is 13.1. The van der Waals surface area contributed by atoms with E-state index in [4.69, 9.17) is 11.6 Å². The molecule has 0 bridgehead atoms. The fraction of sp³-hybridized carbons (Fsp3) is 0.429. The number of aryl methyl sites for hydroxylation is 2. The molecule has 4 aromatic rings. The first-order chi connectivity index (χ1) is 17.6. The summed E-state index contributed by atoms with van der Waals surface area (Å²) < 4.78 is 1.85. The number of hydrogen-bond donors (Lipinski definition) is 1. The quantitative estimate of drug-likeness (QED) is 0.419. The molecule has 1 fully saturated rings. The van der Waals surface area contributed by atoms with Gasteiger partial charge in [-0.25, -0.2) is 4.68 Å². The highest BCUT2D eigenvalue weighted by Gasteiger charge is 2.35. The average Bonchev–Trinajstić information content (AvgIpc) is 3.33. The lowest BCUT2D eigenvalue weighted by atomic mass is 9.99. The second-order valence-electron chi connectivity index (χ2n) is 11.1. The van der Waals surface area contributed by atoms with Gasteiger partial charge in [0.15, 0.2) is 5.82 Å². The standard InChI is InChI=1S/C28H34ClN7O/c1-18-14-19(2)24-21(15-18)16-23(27(37)30-24)25(26-31-32-33-36(26)28(3,4)5)35-12-10-34(11-13-35)17-20-6-8-22(29)9-7-20/h6-9,14-16,25H,10-13,17H2,1-5H3,(H,30,37)/t25-/m0/s1. The lowest BCUT2D eigenvalue weighted by molar-refractivity contribution is 0.0975. The van der Waals surface area contributed by atoms with Gasteiger partial charge in [0.1, 0.15) is 6.04 Å². The van der Waals surface area contributed by atoms with E-state index in [1.165, 1.54) is 5.56 Å². The van der Waals surface area contributed by atoms with Crippen LogP contribution in [0.15, 0.2) is 47.3 Å². The van der Waals surface area contributed by atoms with Gasteiger partial charge in [-0.15, -0.1) is 5.10 Å². The van der Waals surface area contributed by atoms with Crippen molar-refractivity contribution in [2.24, 2.45) is 0 Å². The summed E-state index contributed by atoms with van der Waals surface area (Å²) in [6.45, 7) is 14.5. The Hall–Kier alpha value is -3.07. The molecule has 2 aromatic carbocycles. The van der Waals surface area contributed by atoms with Gasteiger partial charge in [-0.2, -0.15) is 0 Å². The largest absolute Gasteiger partial charge is 0.321 e. The molecule has 0 unspecified atom stereocenters. The van der Waals surface area contributed by atoms with Crippen LogP contribution in [-0.4, -0.2) is 61.2 Å². The summed E-state index contributed by atoms with van der Waals surface area (Å²) in [6, 6.07) is 13.9. The molecule has 1 aliphatic heterocycles. The number of piperazine rings is 1. The number of aromatic nitrogens is 5. The van der Waals surface area contributed by atoms with Crippen molar-refractivity contribution >= 4 is 22.5 Å². The Morgan fingerprint density at radius 1 is 1.03 bits per heavy atom. The van der Waals surface area contributed by atoms with Gasteiger partial charge < -0.3 is 4.98 Å². The van der Waals surface area contributed by atoms with Crippen molar-refractivity contribution in [3.05, 3.63) is 85.9 Å². The Labute approximate surface area is 222 Å². The normalized spacial score (nSPS) is 16.4. The van der Waals surface area contributed by atoms with Crippen LogP contribution in [0, 0.1) is 13.8 Å². The summed E-state index contributed by atoms with van der Waals surface area (Å²) in [5.74, 6) is 0.688. The van der Waals surface area contributed by atoms with E-state index < -0.39 is 0 Å². The number of nitrogens with zero attached hydrogens (tertiary/aromatic N) is 6. The van der Waals surface area contributed by atoms with Crippen LogP contribution in [0.4, 0.5) is 0 Å². The van der Waals surface area contributed by atoms with Crippen LogP contribution >= 0.6 is 11.6 Å². The van der Waals surface area contributed by atoms with Crippen LogP contribution in [0.1, 0.15) is 54.9 Å². The summed E-state index contributed by atoms with van der Waals surface area (Å²) >= 11 is 6.06. The first-order valence-electron chi connectivity index (χ1n) is 12.7. The molecule has 1 saturated heterocycles. The predicted octanol–water partition coefficient (Wildman–Crippen LogP) is 4.45. The van der Waals surface area contributed by atoms with Crippen LogP contribution in [0.5, 0.6) is 0 Å². The third kappa shape index (κ3) is 5.32.